The molecule has 2 heteroatoms. The molecule has 2 aromatic rings. The smallest absolute Gasteiger partial charge is 0.0472 e. The predicted octanol–water partition coefficient (Wildman–Crippen LogP) is 3.83. The molecule has 0 saturated carbocycles. The Morgan fingerprint density at radius 3 is 2.67 bits per heavy atom. The molecule has 2 N–H and O–H groups in total. The zero-order valence-corrected chi connectivity index (χ0v) is 11.2. The Hall–Kier alpha value is -1.28. The third-order valence-corrected chi connectivity index (χ3v) is 3.54. The summed E-state index contributed by atoms with van der Waals surface area (Å²) in [4.78, 5) is 3.51. The number of rotatable bonds is 7. The van der Waals surface area contributed by atoms with E-state index in [4.69, 9.17) is 0 Å². The molecule has 0 fully saturated rings. The molecule has 0 bridgehead atoms. The number of para-hydroxylation sites is 1. The molecule has 0 atom stereocenters. The summed E-state index contributed by atoms with van der Waals surface area (Å²) in [6.45, 7) is 2.46. The van der Waals surface area contributed by atoms with Gasteiger partial charge in [0.1, 0.15) is 0 Å². The lowest BCUT2D eigenvalue weighted by Crippen LogP contribution is -1.96. The van der Waals surface area contributed by atoms with Gasteiger partial charge in [-0.25, -0.2) is 0 Å². The standard InChI is InChI=1S/C16H23NO/c1-2-3-4-5-9-16-14(11-12-18)13-8-6-7-10-15(13)17-16/h6-8,10,17-18H,2-5,9,11-12H2,1H3. The van der Waals surface area contributed by atoms with Gasteiger partial charge in [-0.3, -0.25) is 0 Å². The highest BCUT2D eigenvalue weighted by Gasteiger charge is 2.09. The van der Waals surface area contributed by atoms with Crippen molar-refractivity contribution in [3.8, 4) is 0 Å². The fraction of sp³-hybridized carbons (Fsp3) is 0.500. The van der Waals surface area contributed by atoms with Gasteiger partial charge in [0.2, 0.25) is 0 Å². The van der Waals surface area contributed by atoms with Gasteiger partial charge in [0.25, 0.3) is 0 Å². The molecule has 0 aliphatic rings. The molecule has 98 valence electrons. The first-order valence-corrected chi connectivity index (χ1v) is 7.06. The van der Waals surface area contributed by atoms with E-state index in [0.29, 0.717) is 0 Å². The third-order valence-electron chi connectivity index (χ3n) is 3.54. The van der Waals surface area contributed by atoms with E-state index in [0.717, 1.165) is 12.8 Å². The first-order valence-electron chi connectivity index (χ1n) is 7.06. The lowest BCUT2D eigenvalue weighted by atomic mass is 10.0. The zero-order valence-electron chi connectivity index (χ0n) is 11.2. The van der Waals surface area contributed by atoms with E-state index in [1.54, 1.807) is 0 Å². The van der Waals surface area contributed by atoms with Gasteiger partial charge in [0.05, 0.1) is 0 Å². The van der Waals surface area contributed by atoms with Gasteiger partial charge in [0.15, 0.2) is 0 Å². The number of hydrogen-bond donors (Lipinski definition) is 2. The maximum absolute atomic E-state index is 9.22. The lowest BCUT2D eigenvalue weighted by molar-refractivity contribution is 0.299. The fourth-order valence-corrected chi connectivity index (χ4v) is 2.60. The quantitative estimate of drug-likeness (QED) is 0.715. The summed E-state index contributed by atoms with van der Waals surface area (Å²) >= 11 is 0. The number of aromatic amines is 1. The second-order valence-corrected chi connectivity index (χ2v) is 4.91. The number of nitrogens with one attached hydrogen (secondary N) is 1. The van der Waals surface area contributed by atoms with Crippen molar-refractivity contribution in [1.82, 2.24) is 4.98 Å². The predicted molar refractivity (Wildman–Crippen MR) is 76.9 cm³/mol. The Labute approximate surface area is 109 Å². The average Bonchev–Trinajstić information content (AvgIpc) is 2.74. The lowest BCUT2D eigenvalue weighted by Gasteiger charge is -2.03. The molecule has 0 amide bonds. The van der Waals surface area contributed by atoms with Gasteiger partial charge in [-0.1, -0.05) is 44.4 Å². The topological polar surface area (TPSA) is 36.0 Å². The van der Waals surface area contributed by atoms with Crippen molar-refractivity contribution in [2.45, 2.75) is 45.4 Å². The molecule has 2 nitrogen and oxygen atoms in total. The van der Waals surface area contributed by atoms with Crippen molar-refractivity contribution < 1.29 is 5.11 Å². The number of unbranched alkanes of at least 4 members (excludes halogenated alkanes) is 3. The van der Waals surface area contributed by atoms with Crippen LogP contribution in [0.3, 0.4) is 0 Å². The molecule has 0 radical (unpaired) electrons. The highest BCUT2D eigenvalue weighted by molar-refractivity contribution is 5.84. The summed E-state index contributed by atoms with van der Waals surface area (Å²) in [6, 6.07) is 8.39. The van der Waals surface area contributed by atoms with Crippen molar-refractivity contribution in [1.29, 1.82) is 0 Å². The van der Waals surface area contributed by atoms with Gasteiger partial charge in [0, 0.05) is 23.2 Å². The Bertz CT molecular complexity index is 487. The van der Waals surface area contributed by atoms with Crippen molar-refractivity contribution in [2.24, 2.45) is 0 Å². The van der Waals surface area contributed by atoms with Crippen molar-refractivity contribution >= 4 is 10.9 Å². The first kappa shape index (κ1) is 13.2. The molecular weight excluding hydrogens is 222 g/mol. The van der Waals surface area contributed by atoms with E-state index in [9.17, 15) is 5.11 Å². The Balaban J connectivity index is 2.17. The molecule has 0 spiro atoms. The Kier molecular flexibility index (Phi) is 4.82. The van der Waals surface area contributed by atoms with E-state index in [1.807, 2.05) is 0 Å². The van der Waals surface area contributed by atoms with Crippen LogP contribution in [-0.4, -0.2) is 16.7 Å². The normalized spacial score (nSPS) is 11.2. The van der Waals surface area contributed by atoms with Crippen LogP contribution in [0.15, 0.2) is 24.3 Å². The largest absolute Gasteiger partial charge is 0.396 e. The second kappa shape index (κ2) is 6.60. The number of aromatic nitrogens is 1. The van der Waals surface area contributed by atoms with Crippen LogP contribution in [0.4, 0.5) is 0 Å². The van der Waals surface area contributed by atoms with Crippen LogP contribution < -0.4 is 0 Å². The maximum Gasteiger partial charge on any atom is 0.0472 e. The molecule has 2 rings (SSSR count). The number of H-pyrrole nitrogens is 1. The van der Waals surface area contributed by atoms with E-state index in [-0.39, 0.29) is 6.61 Å². The highest BCUT2D eigenvalue weighted by Crippen LogP contribution is 2.24. The Morgan fingerprint density at radius 1 is 1.06 bits per heavy atom. The van der Waals surface area contributed by atoms with E-state index >= 15 is 0 Å². The summed E-state index contributed by atoms with van der Waals surface area (Å²) in [5, 5.41) is 10.5. The van der Waals surface area contributed by atoms with E-state index in [2.05, 4.69) is 36.2 Å². The van der Waals surface area contributed by atoms with Crippen LogP contribution >= 0.6 is 0 Å². The minimum Gasteiger partial charge on any atom is -0.396 e. The molecular formula is C16H23NO. The number of fused-ring (bicyclic) bond motifs is 1. The number of aliphatic hydroxyl groups excluding tert-OH is 1. The van der Waals surface area contributed by atoms with E-state index < -0.39 is 0 Å². The van der Waals surface area contributed by atoms with Crippen molar-refractivity contribution in [2.75, 3.05) is 6.61 Å². The van der Waals surface area contributed by atoms with Crippen LogP contribution in [0.1, 0.15) is 43.9 Å². The number of hydrogen-bond acceptors (Lipinski definition) is 1. The molecule has 1 aromatic carbocycles. The van der Waals surface area contributed by atoms with Gasteiger partial charge in [-0.2, -0.15) is 0 Å². The summed E-state index contributed by atoms with van der Waals surface area (Å²) in [5.74, 6) is 0. The van der Waals surface area contributed by atoms with Crippen LogP contribution in [-0.2, 0) is 12.8 Å². The van der Waals surface area contributed by atoms with Gasteiger partial charge in [-0.15, -0.1) is 0 Å². The fourth-order valence-electron chi connectivity index (χ4n) is 2.60. The summed E-state index contributed by atoms with van der Waals surface area (Å²) in [6.07, 6.45) is 6.98. The molecule has 0 unspecified atom stereocenters. The zero-order chi connectivity index (χ0) is 12.8. The number of benzene rings is 1. The third kappa shape index (κ3) is 2.94. The molecule has 0 saturated heterocycles. The maximum atomic E-state index is 9.22. The van der Waals surface area contributed by atoms with Gasteiger partial charge >= 0.3 is 0 Å². The SMILES string of the molecule is CCCCCCc1[nH]c2ccccc2c1CCO. The van der Waals surface area contributed by atoms with Crippen LogP contribution in [0, 0.1) is 0 Å². The summed E-state index contributed by atoms with van der Waals surface area (Å²) in [5.41, 5.74) is 3.83. The first-order chi connectivity index (χ1) is 8.86. The number of aryl methyl sites for hydroxylation is 1. The molecule has 0 aliphatic heterocycles. The summed E-state index contributed by atoms with van der Waals surface area (Å²) in [7, 11) is 0. The molecule has 1 heterocycles. The van der Waals surface area contributed by atoms with Crippen molar-refractivity contribution in [3.05, 3.63) is 35.5 Å². The van der Waals surface area contributed by atoms with Gasteiger partial charge < -0.3 is 10.1 Å². The van der Waals surface area contributed by atoms with Crippen molar-refractivity contribution in [3.63, 3.8) is 0 Å². The van der Waals surface area contributed by atoms with Crippen LogP contribution in [0.2, 0.25) is 0 Å². The summed E-state index contributed by atoms with van der Waals surface area (Å²) < 4.78 is 0. The minimum absolute atomic E-state index is 0.226. The minimum atomic E-state index is 0.226. The average molecular weight is 245 g/mol. The molecule has 18 heavy (non-hydrogen) atoms. The monoisotopic (exact) mass is 245 g/mol. The van der Waals surface area contributed by atoms with Crippen LogP contribution in [0.25, 0.3) is 10.9 Å². The van der Waals surface area contributed by atoms with E-state index in [1.165, 1.54) is 47.8 Å². The van der Waals surface area contributed by atoms with Gasteiger partial charge in [-0.05, 0) is 30.9 Å². The molecule has 1 aromatic heterocycles. The molecule has 0 aliphatic carbocycles. The Morgan fingerprint density at radius 2 is 1.89 bits per heavy atom. The highest BCUT2D eigenvalue weighted by atomic mass is 16.2. The van der Waals surface area contributed by atoms with Crippen LogP contribution in [0.5, 0.6) is 0 Å². The number of aliphatic hydroxyl groups is 1. The second-order valence-electron chi connectivity index (χ2n) is 4.91.